The summed E-state index contributed by atoms with van der Waals surface area (Å²) >= 11 is 0. The summed E-state index contributed by atoms with van der Waals surface area (Å²) in [6, 6.07) is 12.2. The van der Waals surface area contributed by atoms with Crippen LogP contribution in [-0.2, 0) is 14.3 Å². The van der Waals surface area contributed by atoms with E-state index < -0.39 is 23.5 Å². The van der Waals surface area contributed by atoms with Gasteiger partial charge in [0.05, 0.1) is 32.4 Å². The van der Waals surface area contributed by atoms with Gasteiger partial charge in [0.2, 0.25) is 5.78 Å². The first kappa shape index (κ1) is 26.9. The zero-order valence-electron chi connectivity index (χ0n) is 22.3. The van der Waals surface area contributed by atoms with Crippen LogP contribution in [-0.4, -0.2) is 62.6 Å². The SMILES string of the molecule is Cc1ccc(C2C(=C([O-])c3ccc(OCC(C)C)c(C)c3)C(=O)C(=O)N2CCC[NH+]2CCOCC2)cc1. The molecule has 0 radical (unpaired) electrons. The van der Waals surface area contributed by atoms with Crippen molar-refractivity contribution in [2.75, 3.05) is 46.0 Å². The quantitative estimate of drug-likeness (QED) is 0.319. The number of hydrogen-bond donors (Lipinski definition) is 1. The second-order valence-corrected chi connectivity index (χ2v) is 10.5. The van der Waals surface area contributed by atoms with Crippen LogP contribution < -0.4 is 14.7 Å². The molecule has 2 heterocycles. The summed E-state index contributed by atoms with van der Waals surface area (Å²) < 4.78 is 11.3. The van der Waals surface area contributed by atoms with Gasteiger partial charge in [0, 0.05) is 18.5 Å². The summed E-state index contributed by atoms with van der Waals surface area (Å²) in [5.74, 6) is -0.605. The van der Waals surface area contributed by atoms with Gasteiger partial charge in [-0.2, -0.15) is 0 Å². The number of nitrogens with zero attached hydrogens (tertiary/aromatic N) is 1. The van der Waals surface area contributed by atoms with Crippen LogP contribution in [0.2, 0.25) is 0 Å². The number of likely N-dealkylation sites (tertiary alicyclic amines) is 1. The standard InChI is InChI=1S/C30H38N2O5/c1-20(2)19-37-25-11-10-24(18-22(25)4)28(33)26-27(23-8-6-21(3)7-9-23)32(30(35)29(26)34)13-5-12-31-14-16-36-17-15-31/h6-11,18,20,27,33H,5,12-17,19H2,1-4H3. The highest BCUT2D eigenvalue weighted by molar-refractivity contribution is 6.46. The molecule has 0 aliphatic carbocycles. The Morgan fingerprint density at radius 3 is 2.46 bits per heavy atom. The van der Waals surface area contributed by atoms with E-state index in [2.05, 4.69) is 13.8 Å². The Kier molecular flexibility index (Phi) is 8.67. The molecule has 2 aliphatic rings. The van der Waals surface area contributed by atoms with Gasteiger partial charge in [0.1, 0.15) is 18.8 Å². The Morgan fingerprint density at radius 2 is 1.81 bits per heavy atom. The largest absolute Gasteiger partial charge is 0.872 e. The fraction of sp³-hybridized carbons (Fsp3) is 0.467. The Bertz CT molecular complexity index is 1150. The molecule has 1 N–H and O–H groups in total. The number of hydrogen-bond acceptors (Lipinski definition) is 5. The van der Waals surface area contributed by atoms with Gasteiger partial charge in [-0.05, 0) is 48.6 Å². The van der Waals surface area contributed by atoms with Crippen molar-refractivity contribution in [3.05, 3.63) is 70.3 Å². The first-order chi connectivity index (χ1) is 17.8. The van der Waals surface area contributed by atoms with E-state index >= 15 is 0 Å². The van der Waals surface area contributed by atoms with E-state index in [1.165, 1.54) is 4.90 Å². The van der Waals surface area contributed by atoms with E-state index in [1.807, 2.05) is 38.1 Å². The number of nitrogens with one attached hydrogen (secondary N) is 1. The number of Topliss-reactive ketones (excluding diaryl/α,β-unsaturated/α-hetero) is 1. The predicted molar refractivity (Wildman–Crippen MR) is 140 cm³/mol. The van der Waals surface area contributed by atoms with Crippen molar-refractivity contribution in [3.8, 4) is 5.75 Å². The molecular formula is C30H38N2O5. The molecule has 2 aromatic carbocycles. The Labute approximate surface area is 219 Å². The number of ether oxygens (including phenoxy) is 2. The van der Waals surface area contributed by atoms with E-state index in [0.717, 1.165) is 56.0 Å². The molecule has 1 unspecified atom stereocenters. The van der Waals surface area contributed by atoms with Crippen molar-refractivity contribution in [3.63, 3.8) is 0 Å². The van der Waals surface area contributed by atoms with Crippen molar-refractivity contribution in [2.45, 2.75) is 40.2 Å². The molecule has 4 rings (SSSR count). The van der Waals surface area contributed by atoms with Gasteiger partial charge in [0.25, 0.3) is 5.91 Å². The molecular weight excluding hydrogens is 468 g/mol. The molecule has 37 heavy (non-hydrogen) atoms. The number of amides is 1. The minimum Gasteiger partial charge on any atom is -0.872 e. The van der Waals surface area contributed by atoms with Crippen LogP contribution in [0, 0.1) is 19.8 Å². The van der Waals surface area contributed by atoms with Crippen molar-refractivity contribution < 1.29 is 29.1 Å². The third kappa shape index (κ3) is 6.22. The number of aryl methyl sites for hydroxylation is 2. The maximum atomic E-state index is 13.8. The molecule has 0 bridgehead atoms. The van der Waals surface area contributed by atoms with Crippen LogP contribution in [0.15, 0.2) is 48.0 Å². The summed E-state index contributed by atoms with van der Waals surface area (Å²) in [6.45, 7) is 13.3. The van der Waals surface area contributed by atoms with Gasteiger partial charge >= 0.3 is 0 Å². The highest BCUT2D eigenvalue weighted by Gasteiger charge is 2.44. The molecule has 1 amide bonds. The fourth-order valence-electron chi connectivity index (χ4n) is 4.97. The number of carbonyl (C=O) groups excluding carboxylic acids is 2. The van der Waals surface area contributed by atoms with Crippen molar-refractivity contribution >= 4 is 17.4 Å². The molecule has 2 saturated heterocycles. The monoisotopic (exact) mass is 506 g/mol. The van der Waals surface area contributed by atoms with Crippen LogP contribution >= 0.6 is 0 Å². The highest BCUT2D eigenvalue weighted by atomic mass is 16.5. The number of morpholine rings is 1. The van der Waals surface area contributed by atoms with Crippen LogP contribution in [0.25, 0.3) is 5.76 Å². The number of rotatable bonds is 9. The van der Waals surface area contributed by atoms with Crippen LogP contribution in [0.1, 0.15) is 48.6 Å². The summed E-state index contributed by atoms with van der Waals surface area (Å²) in [6.07, 6.45) is 0.749. The topological polar surface area (TPSA) is 83.3 Å². The van der Waals surface area contributed by atoms with Crippen molar-refractivity contribution in [1.29, 1.82) is 0 Å². The lowest BCUT2D eigenvalue weighted by Crippen LogP contribution is -3.14. The van der Waals surface area contributed by atoms with E-state index in [4.69, 9.17) is 9.47 Å². The minimum absolute atomic E-state index is 0.0304. The smallest absolute Gasteiger partial charge is 0.295 e. The lowest BCUT2D eigenvalue weighted by molar-refractivity contribution is -0.908. The molecule has 7 nitrogen and oxygen atoms in total. The molecule has 2 aromatic rings. The molecule has 1 atom stereocenters. The van der Waals surface area contributed by atoms with E-state index in [-0.39, 0.29) is 5.57 Å². The number of quaternary nitrogens is 1. The molecule has 0 aromatic heterocycles. The van der Waals surface area contributed by atoms with Gasteiger partial charge in [-0.3, -0.25) is 9.59 Å². The average molecular weight is 507 g/mol. The first-order valence-corrected chi connectivity index (χ1v) is 13.2. The highest BCUT2D eigenvalue weighted by Crippen LogP contribution is 2.39. The third-order valence-electron chi connectivity index (χ3n) is 7.06. The number of carbonyl (C=O) groups is 2. The molecule has 198 valence electrons. The van der Waals surface area contributed by atoms with E-state index in [1.54, 1.807) is 23.1 Å². The first-order valence-electron chi connectivity index (χ1n) is 13.2. The van der Waals surface area contributed by atoms with Gasteiger partial charge in [-0.25, -0.2) is 0 Å². The fourth-order valence-corrected chi connectivity index (χ4v) is 4.97. The van der Waals surface area contributed by atoms with E-state index in [9.17, 15) is 14.7 Å². The second kappa shape index (κ2) is 11.9. The van der Waals surface area contributed by atoms with Crippen LogP contribution in [0.4, 0.5) is 0 Å². The maximum absolute atomic E-state index is 13.8. The third-order valence-corrected chi connectivity index (χ3v) is 7.06. The van der Waals surface area contributed by atoms with Gasteiger partial charge in [0.15, 0.2) is 0 Å². The Hall–Kier alpha value is -3.16. The Balaban J connectivity index is 1.65. The van der Waals surface area contributed by atoms with Crippen LogP contribution in [0.5, 0.6) is 5.75 Å². The minimum atomic E-state index is -0.702. The molecule has 0 saturated carbocycles. The van der Waals surface area contributed by atoms with Gasteiger partial charge in [-0.15, -0.1) is 0 Å². The zero-order chi connectivity index (χ0) is 26.5. The normalized spacial score (nSPS) is 20.1. The lowest BCUT2D eigenvalue weighted by atomic mass is 9.94. The molecule has 2 aliphatic heterocycles. The number of benzene rings is 2. The molecule has 2 fully saturated rings. The predicted octanol–water partition coefficient (Wildman–Crippen LogP) is 1.87. The van der Waals surface area contributed by atoms with Gasteiger partial charge in [-0.1, -0.05) is 55.5 Å². The zero-order valence-corrected chi connectivity index (χ0v) is 22.3. The van der Waals surface area contributed by atoms with Crippen molar-refractivity contribution in [1.82, 2.24) is 4.90 Å². The average Bonchev–Trinajstić information content (AvgIpc) is 3.13. The van der Waals surface area contributed by atoms with E-state index in [0.29, 0.717) is 30.4 Å². The maximum Gasteiger partial charge on any atom is 0.295 e. The summed E-state index contributed by atoms with van der Waals surface area (Å²) in [5.41, 5.74) is 3.09. The number of ketones is 1. The molecule has 7 heteroatoms. The summed E-state index contributed by atoms with van der Waals surface area (Å²) in [4.78, 5) is 29.5. The molecule has 0 spiro atoms. The Morgan fingerprint density at radius 1 is 1.11 bits per heavy atom. The van der Waals surface area contributed by atoms with Crippen molar-refractivity contribution in [2.24, 2.45) is 5.92 Å². The summed E-state index contributed by atoms with van der Waals surface area (Å²) in [7, 11) is 0. The van der Waals surface area contributed by atoms with Crippen LogP contribution in [0.3, 0.4) is 0 Å². The second-order valence-electron chi connectivity index (χ2n) is 10.5. The summed E-state index contributed by atoms with van der Waals surface area (Å²) in [5, 5.41) is 13.8. The van der Waals surface area contributed by atoms with Gasteiger partial charge < -0.3 is 24.4 Å². The lowest BCUT2D eigenvalue weighted by Gasteiger charge is -2.29.